The van der Waals surface area contributed by atoms with Crippen LogP contribution in [0.4, 0.5) is 5.82 Å². The van der Waals surface area contributed by atoms with Crippen molar-refractivity contribution in [2.45, 2.75) is 45.9 Å². The molecule has 2 rings (SSSR count). The summed E-state index contributed by atoms with van der Waals surface area (Å²) in [6, 6.07) is 4.31. The zero-order valence-corrected chi connectivity index (χ0v) is 12.7. The lowest BCUT2D eigenvalue weighted by Gasteiger charge is -2.42. The predicted molar refractivity (Wildman–Crippen MR) is 78.6 cm³/mol. The zero-order chi connectivity index (χ0) is 14.0. The second-order valence-electron chi connectivity index (χ2n) is 6.07. The molecule has 4 heteroatoms. The Balaban J connectivity index is 2.25. The van der Waals surface area contributed by atoms with Crippen molar-refractivity contribution in [2.75, 3.05) is 25.0 Å². The van der Waals surface area contributed by atoms with Crippen LogP contribution in [0.25, 0.3) is 0 Å². The van der Waals surface area contributed by atoms with Gasteiger partial charge in [-0.15, -0.1) is 0 Å². The fraction of sp³-hybridized carbons (Fsp3) is 0.667. The third-order valence-corrected chi connectivity index (χ3v) is 3.27. The lowest BCUT2D eigenvalue weighted by atomic mass is 10.1. The standard InChI is InChI=1S/C15H25N3O/c1-11-6-13(8-16-5)7-14(17-11)18-9-12(2)19-15(3,4)10-18/h6-7,12,16H,8-10H2,1-5H3. The first-order chi connectivity index (χ1) is 8.89. The summed E-state index contributed by atoms with van der Waals surface area (Å²) in [7, 11) is 1.97. The minimum absolute atomic E-state index is 0.119. The number of rotatable bonds is 3. The van der Waals surface area contributed by atoms with Gasteiger partial charge >= 0.3 is 0 Å². The van der Waals surface area contributed by atoms with E-state index >= 15 is 0 Å². The molecule has 0 bridgehead atoms. The third-order valence-electron chi connectivity index (χ3n) is 3.27. The molecule has 1 saturated heterocycles. The lowest BCUT2D eigenvalue weighted by Crippen LogP contribution is -2.52. The van der Waals surface area contributed by atoms with E-state index in [1.807, 2.05) is 7.05 Å². The molecule has 4 nitrogen and oxygen atoms in total. The van der Waals surface area contributed by atoms with E-state index in [1.54, 1.807) is 0 Å². The molecule has 19 heavy (non-hydrogen) atoms. The molecular weight excluding hydrogens is 238 g/mol. The Bertz CT molecular complexity index is 445. The molecule has 0 saturated carbocycles. The van der Waals surface area contributed by atoms with Gasteiger partial charge in [0.2, 0.25) is 0 Å². The van der Waals surface area contributed by atoms with Crippen molar-refractivity contribution in [1.82, 2.24) is 10.3 Å². The quantitative estimate of drug-likeness (QED) is 0.906. The molecule has 1 N–H and O–H groups in total. The van der Waals surface area contributed by atoms with Gasteiger partial charge in [-0.25, -0.2) is 4.98 Å². The van der Waals surface area contributed by atoms with Crippen LogP contribution in [0.3, 0.4) is 0 Å². The summed E-state index contributed by atoms with van der Waals surface area (Å²) in [6.45, 7) is 11.1. The smallest absolute Gasteiger partial charge is 0.129 e. The maximum absolute atomic E-state index is 5.95. The molecule has 1 atom stereocenters. The molecule has 0 aromatic carbocycles. The Labute approximate surface area is 116 Å². The Kier molecular flexibility index (Phi) is 4.11. The van der Waals surface area contributed by atoms with Gasteiger partial charge in [0.05, 0.1) is 11.7 Å². The summed E-state index contributed by atoms with van der Waals surface area (Å²) < 4.78 is 5.95. The summed E-state index contributed by atoms with van der Waals surface area (Å²) in [5, 5.41) is 3.20. The van der Waals surface area contributed by atoms with E-state index in [0.717, 1.165) is 31.1 Å². The second kappa shape index (κ2) is 5.47. The zero-order valence-electron chi connectivity index (χ0n) is 12.7. The summed E-state index contributed by atoms with van der Waals surface area (Å²) >= 11 is 0. The molecule has 0 radical (unpaired) electrons. The van der Waals surface area contributed by atoms with Crippen LogP contribution < -0.4 is 10.2 Å². The number of aromatic nitrogens is 1. The monoisotopic (exact) mass is 263 g/mol. The van der Waals surface area contributed by atoms with Gasteiger partial charge in [0.1, 0.15) is 5.82 Å². The van der Waals surface area contributed by atoms with Gasteiger partial charge in [-0.05, 0) is 52.4 Å². The minimum atomic E-state index is -0.119. The first-order valence-electron chi connectivity index (χ1n) is 6.94. The van der Waals surface area contributed by atoms with E-state index in [1.165, 1.54) is 5.56 Å². The van der Waals surface area contributed by atoms with Crippen molar-refractivity contribution in [1.29, 1.82) is 0 Å². The average molecular weight is 263 g/mol. The molecule has 106 valence electrons. The number of nitrogens with one attached hydrogen (secondary N) is 1. The van der Waals surface area contributed by atoms with Gasteiger partial charge in [-0.2, -0.15) is 0 Å². The van der Waals surface area contributed by atoms with Crippen molar-refractivity contribution >= 4 is 5.82 Å². The van der Waals surface area contributed by atoms with Crippen molar-refractivity contribution in [3.8, 4) is 0 Å². The van der Waals surface area contributed by atoms with Crippen LogP contribution in [-0.2, 0) is 11.3 Å². The molecule has 1 unspecified atom stereocenters. The number of nitrogens with zero attached hydrogens (tertiary/aromatic N) is 2. The highest BCUT2D eigenvalue weighted by Gasteiger charge is 2.32. The maximum Gasteiger partial charge on any atom is 0.129 e. The Morgan fingerprint density at radius 1 is 1.47 bits per heavy atom. The number of aryl methyl sites for hydroxylation is 1. The van der Waals surface area contributed by atoms with Crippen molar-refractivity contribution < 1.29 is 4.74 Å². The molecule has 2 heterocycles. The normalized spacial score (nSPS) is 22.6. The summed E-state index contributed by atoms with van der Waals surface area (Å²) in [6.07, 6.45) is 0.235. The minimum Gasteiger partial charge on any atom is -0.369 e. The van der Waals surface area contributed by atoms with Gasteiger partial charge in [0.25, 0.3) is 0 Å². The van der Waals surface area contributed by atoms with Crippen LogP contribution in [0.2, 0.25) is 0 Å². The summed E-state index contributed by atoms with van der Waals surface area (Å²) in [4.78, 5) is 7.02. The van der Waals surface area contributed by atoms with Gasteiger partial charge in [-0.3, -0.25) is 0 Å². The highest BCUT2D eigenvalue weighted by molar-refractivity contribution is 5.43. The lowest BCUT2D eigenvalue weighted by molar-refractivity contribution is -0.0751. The molecule has 1 aliphatic heterocycles. The highest BCUT2D eigenvalue weighted by Crippen LogP contribution is 2.25. The van der Waals surface area contributed by atoms with Crippen molar-refractivity contribution in [2.24, 2.45) is 0 Å². The fourth-order valence-electron chi connectivity index (χ4n) is 2.82. The molecule has 0 aliphatic carbocycles. The molecule has 1 fully saturated rings. The van der Waals surface area contributed by atoms with Crippen LogP contribution >= 0.6 is 0 Å². The van der Waals surface area contributed by atoms with E-state index in [0.29, 0.717) is 0 Å². The van der Waals surface area contributed by atoms with Gasteiger partial charge in [0.15, 0.2) is 0 Å². The number of morpholine rings is 1. The first kappa shape index (κ1) is 14.3. The summed E-state index contributed by atoms with van der Waals surface area (Å²) in [5.41, 5.74) is 2.23. The number of ether oxygens (including phenoxy) is 1. The Hall–Kier alpha value is -1.13. The van der Waals surface area contributed by atoms with Gasteiger partial charge in [-0.1, -0.05) is 0 Å². The van der Waals surface area contributed by atoms with Gasteiger partial charge < -0.3 is 15.0 Å². The van der Waals surface area contributed by atoms with E-state index in [4.69, 9.17) is 4.74 Å². The topological polar surface area (TPSA) is 37.4 Å². The number of anilines is 1. The predicted octanol–water partition coefficient (Wildman–Crippen LogP) is 2.11. The first-order valence-corrected chi connectivity index (χ1v) is 6.94. The fourth-order valence-corrected chi connectivity index (χ4v) is 2.82. The van der Waals surface area contributed by atoms with E-state index in [-0.39, 0.29) is 11.7 Å². The van der Waals surface area contributed by atoms with Crippen LogP contribution in [-0.4, -0.2) is 36.8 Å². The molecular formula is C15H25N3O. The van der Waals surface area contributed by atoms with Crippen LogP contribution in [0.5, 0.6) is 0 Å². The SMILES string of the molecule is CNCc1cc(C)nc(N2CC(C)OC(C)(C)C2)c1. The van der Waals surface area contributed by atoms with Crippen molar-refractivity contribution in [3.05, 3.63) is 23.4 Å². The molecule has 1 aromatic heterocycles. The second-order valence-corrected chi connectivity index (χ2v) is 6.07. The van der Waals surface area contributed by atoms with E-state index in [2.05, 4.69) is 55.0 Å². The Morgan fingerprint density at radius 2 is 2.21 bits per heavy atom. The maximum atomic E-state index is 5.95. The number of hydrogen-bond acceptors (Lipinski definition) is 4. The highest BCUT2D eigenvalue weighted by atomic mass is 16.5. The van der Waals surface area contributed by atoms with Crippen LogP contribution in [0.1, 0.15) is 32.0 Å². The largest absolute Gasteiger partial charge is 0.369 e. The van der Waals surface area contributed by atoms with Gasteiger partial charge in [0, 0.05) is 25.3 Å². The van der Waals surface area contributed by atoms with E-state index in [9.17, 15) is 0 Å². The molecule has 0 amide bonds. The Morgan fingerprint density at radius 3 is 2.84 bits per heavy atom. The van der Waals surface area contributed by atoms with Crippen LogP contribution in [0.15, 0.2) is 12.1 Å². The summed E-state index contributed by atoms with van der Waals surface area (Å²) in [5.74, 6) is 1.06. The average Bonchev–Trinajstić information content (AvgIpc) is 2.25. The van der Waals surface area contributed by atoms with Crippen molar-refractivity contribution in [3.63, 3.8) is 0 Å². The molecule has 1 aromatic rings. The molecule has 0 spiro atoms. The number of hydrogen-bond donors (Lipinski definition) is 1. The molecule has 1 aliphatic rings. The van der Waals surface area contributed by atoms with E-state index < -0.39 is 0 Å². The third kappa shape index (κ3) is 3.67. The van der Waals surface area contributed by atoms with Crippen LogP contribution in [0, 0.1) is 6.92 Å². The number of pyridine rings is 1.